The normalized spacial score (nSPS) is 34.1. The van der Waals surface area contributed by atoms with Crippen LogP contribution < -0.4 is 0 Å². The smallest absolute Gasteiger partial charge is 0.0613 e. The molecule has 94 valence electrons. The van der Waals surface area contributed by atoms with Crippen LogP contribution in [0.25, 0.3) is 0 Å². The lowest BCUT2D eigenvalue weighted by Gasteiger charge is -2.29. The molecule has 2 rings (SSSR count). The summed E-state index contributed by atoms with van der Waals surface area (Å²) in [4.78, 5) is 0. The third kappa shape index (κ3) is 3.44. The molecule has 1 heterocycles. The van der Waals surface area contributed by atoms with Gasteiger partial charge in [-0.2, -0.15) is 0 Å². The Hall–Kier alpha value is -0.120. The van der Waals surface area contributed by atoms with Crippen LogP contribution >= 0.6 is 0 Å². The van der Waals surface area contributed by atoms with E-state index in [9.17, 15) is 10.2 Å². The van der Waals surface area contributed by atoms with E-state index in [0.717, 1.165) is 18.8 Å². The molecular weight excluding hydrogens is 204 g/mol. The molecule has 2 N–H and O–H groups in total. The molecule has 3 nitrogen and oxygen atoms in total. The van der Waals surface area contributed by atoms with E-state index in [1.807, 2.05) is 0 Å². The van der Waals surface area contributed by atoms with Crippen LogP contribution in [-0.4, -0.2) is 35.6 Å². The zero-order valence-electron chi connectivity index (χ0n) is 9.98. The average Bonchev–Trinajstić information content (AvgIpc) is 2.74. The molecule has 3 heteroatoms. The molecular formula is C13H24O3. The van der Waals surface area contributed by atoms with Crippen molar-refractivity contribution in [3.63, 3.8) is 0 Å². The van der Waals surface area contributed by atoms with Crippen molar-refractivity contribution in [2.24, 2.45) is 11.8 Å². The van der Waals surface area contributed by atoms with E-state index < -0.39 is 0 Å². The second-order valence-corrected chi connectivity index (χ2v) is 5.47. The molecule has 0 radical (unpaired) electrons. The van der Waals surface area contributed by atoms with Gasteiger partial charge in [-0.1, -0.05) is 25.7 Å². The van der Waals surface area contributed by atoms with E-state index >= 15 is 0 Å². The van der Waals surface area contributed by atoms with Gasteiger partial charge in [0.05, 0.1) is 18.8 Å². The Morgan fingerprint density at radius 2 is 1.88 bits per heavy atom. The molecule has 0 aromatic rings. The number of rotatable bonds is 4. The number of hydrogen-bond acceptors (Lipinski definition) is 3. The molecule has 0 bridgehead atoms. The fourth-order valence-electron chi connectivity index (χ4n) is 3.09. The first-order chi connectivity index (χ1) is 7.75. The van der Waals surface area contributed by atoms with Crippen LogP contribution in [0.5, 0.6) is 0 Å². The molecule has 1 aliphatic carbocycles. The van der Waals surface area contributed by atoms with Crippen molar-refractivity contribution in [3.8, 4) is 0 Å². The maximum atomic E-state index is 10.0. The maximum absolute atomic E-state index is 10.0. The molecule has 0 amide bonds. The maximum Gasteiger partial charge on any atom is 0.0613 e. The summed E-state index contributed by atoms with van der Waals surface area (Å²) in [6.07, 6.45) is 7.04. The van der Waals surface area contributed by atoms with Crippen LogP contribution in [0.4, 0.5) is 0 Å². The summed E-state index contributed by atoms with van der Waals surface area (Å²) in [6.45, 7) is 1.28. The Kier molecular flexibility index (Phi) is 4.62. The lowest BCUT2D eigenvalue weighted by molar-refractivity contribution is -0.0536. The van der Waals surface area contributed by atoms with Crippen molar-refractivity contribution in [2.45, 2.75) is 57.2 Å². The highest BCUT2D eigenvalue weighted by molar-refractivity contribution is 4.78. The fraction of sp³-hybridized carbons (Fsp3) is 1.00. The summed E-state index contributed by atoms with van der Waals surface area (Å²) >= 11 is 0. The first kappa shape index (κ1) is 12.3. The number of hydrogen-bond donors (Lipinski definition) is 2. The van der Waals surface area contributed by atoms with Gasteiger partial charge in [-0.05, 0) is 25.2 Å². The van der Waals surface area contributed by atoms with E-state index in [-0.39, 0.29) is 18.1 Å². The molecule has 0 aromatic carbocycles. The molecule has 3 atom stereocenters. The lowest BCUT2D eigenvalue weighted by atomic mass is 9.89. The van der Waals surface area contributed by atoms with Crippen molar-refractivity contribution in [1.29, 1.82) is 0 Å². The van der Waals surface area contributed by atoms with Gasteiger partial charge in [-0.15, -0.1) is 0 Å². The average molecular weight is 228 g/mol. The second-order valence-electron chi connectivity index (χ2n) is 5.47. The van der Waals surface area contributed by atoms with Crippen molar-refractivity contribution in [3.05, 3.63) is 0 Å². The Morgan fingerprint density at radius 1 is 1.12 bits per heavy atom. The van der Waals surface area contributed by atoms with E-state index in [4.69, 9.17) is 4.74 Å². The summed E-state index contributed by atoms with van der Waals surface area (Å²) in [5, 5.41) is 19.8. The van der Waals surface area contributed by atoms with Crippen LogP contribution in [0.15, 0.2) is 0 Å². The molecule has 1 saturated heterocycles. The molecule has 1 aliphatic heterocycles. The fourth-order valence-corrected chi connectivity index (χ4v) is 3.09. The molecule has 16 heavy (non-hydrogen) atoms. The highest BCUT2D eigenvalue weighted by Crippen LogP contribution is 2.30. The molecule has 0 spiro atoms. The predicted octanol–water partition coefficient (Wildman–Crippen LogP) is 1.72. The van der Waals surface area contributed by atoms with Crippen molar-refractivity contribution in [2.75, 3.05) is 13.2 Å². The Balaban J connectivity index is 1.70. The van der Waals surface area contributed by atoms with Crippen molar-refractivity contribution < 1.29 is 14.9 Å². The van der Waals surface area contributed by atoms with Gasteiger partial charge in [-0.25, -0.2) is 0 Å². The Morgan fingerprint density at radius 3 is 2.56 bits per heavy atom. The van der Waals surface area contributed by atoms with Crippen LogP contribution in [-0.2, 0) is 4.74 Å². The van der Waals surface area contributed by atoms with Crippen LogP contribution in [0.3, 0.4) is 0 Å². The van der Waals surface area contributed by atoms with Gasteiger partial charge in [0, 0.05) is 12.5 Å². The minimum atomic E-state index is -0.271. The van der Waals surface area contributed by atoms with Gasteiger partial charge >= 0.3 is 0 Å². The SMILES string of the molecule is OC(CC1CCCC1)CC1COCCC1O. The van der Waals surface area contributed by atoms with E-state index in [1.54, 1.807) is 0 Å². The van der Waals surface area contributed by atoms with Gasteiger partial charge in [-0.3, -0.25) is 0 Å². The predicted molar refractivity (Wildman–Crippen MR) is 62.1 cm³/mol. The first-order valence-electron chi connectivity index (χ1n) is 6.69. The van der Waals surface area contributed by atoms with Crippen LogP contribution in [0.2, 0.25) is 0 Å². The summed E-state index contributed by atoms with van der Waals surface area (Å²) in [7, 11) is 0. The van der Waals surface area contributed by atoms with E-state index in [2.05, 4.69) is 0 Å². The van der Waals surface area contributed by atoms with Gasteiger partial charge in [0.15, 0.2) is 0 Å². The molecule has 0 aromatic heterocycles. The number of ether oxygens (including phenoxy) is 1. The molecule has 3 unspecified atom stereocenters. The number of aliphatic hydroxyl groups is 2. The standard InChI is InChI=1S/C13H24O3/c14-12(7-10-3-1-2-4-10)8-11-9-16-6-5-13(11)15/h10-15H,1-9H2. The molecule has 1 saturated carbocycles. The zero-order valence-corrected chi connectivity index (χ0v) is 9.98. The van der Waals surface area contributed by atoms with Gasteiger partial charge in [0.25, 0.3) is 0 Å². The topological polar surface area (TPSA) is 49.7 Å². The van der Waals surface area contributed by atoms with Crippen molar-refractivity contribution in [1.82, 2.24) is 0 Å². The summed E-state index contributed by atoms with van der Waals surface area (Å²) in [5.74, 6) is 0.863. The van der Waals surface area contributed by atoms with Crippen molar-refractivity contribution >= 4 is 0 Å². The number of aliphatic hydroxyl groups excluding tert-OH is 2. The third-order valence-electron chi connectivity index (χ3n) is 4.09. The van der Waals surface area contributed by atoms with Crippen LogP contribution in [0, 0.1) is 11.8 Å². The van der Waals surface area contributed by atoms with E-state index in [0.29, 0.717) is 19.6 Å². The monoisotopic (exact) mass is 228 g/mol. The summed E-state index contributed by atoms with van der Waals surface area (Å²) < 4.78 is 5.35. The lowest BCUT2D eigenvalue weighted by Crippen LogP contribution is -2.34. The van der Waals surface area contributed by atoms with Gasteiger partial charge in [0.2, 0.25) is 0 Å². The Labute approximate surface area is 97.8 Å². The highest BCUT2D eigenvalue weighted by Gasteiger charge is 2.27. The van der Waals surface area contributed by atoms with Gasteiger partial charge < -0.3 is 14.9 Å². The van der Waals surface area contributed by atoms with Gasteiger partial charge in [0.1, 0.15) is 0 Å². The minimum absolute atomic E-state index is 0.144. The van der Waals surface area contributed by atoms with E-state index in [1.165, 1.54) is 25.7 Å². The summed E-state index contributed by atoms with van der Waals surface area (Å²) in [5.41, 5.74) is 0. The highest BCUT2D eigenvalue weighted by atomic mass is 16.5. The second kappa shape index (κ2) is 5.99. The van der Waals surface area contributed by atoms with Crippen LogP contribution in [0.1, 0.15) is 44.9 Å². The quantitative estimate of drug-likeness (QED) is 0.770. The summed E-state index contributed by atoms with van der Waals surface area (Å²) in [6, 6.07) is 0. The first-order valence-corrected chi connectivity index (χ1v) is 6.69. The minimum Gasteiger partial charge on any atom is -0.393 e. The Bertz CT molecular complexity index is 201. The molecule has 2 fully saturated rings. The molecule has 2 aliphatic rings. The zero-order chi connectivity index (χ0) is 11.4. The third-order valence-corrected chi connectivity index (χ3v) is 4.09. The largest absolute Gasteiger partial charge is 0.393 e.